The average molecular weight is 335 g/mol. The monoisotopic (exact) mass is 335 g/mol. The molecule has 3 aliphatic rings. The lowest BCUT2D eigenvalue weighted by Gasteiger charge is -2.48. The number of nitrogens with zero attached hydrogens (tertiary/aromatic N) is 1. The third-order valence-electron chi connectivity index (χ3n) is 4.08. The van der Waals surface area contributed by atoms with Gasteiger partial charge in [-0.25, -0.2) is 4.79 Å². The first-order valence-electron chi connectivity index (χ1n) is 7.28. The van der Waals surface area contributed by atoms with Gasteiger partial charge in [-0.05, 0) is 24.5 Å². The molecule has 1 fully saturated rings. The maximum Gasteiger partial charge on any atom is 0.352 e. The Balaban J connectivity index is 1.65. The maximum atomic E-state index is 12.3. The number of nitrogens with one attached hydrogen (secondary N) is 1. The average Bonchev–Trinajstić information content (AvgIpc) is 2.58. The van der Waals surface area contributed by atoms with Gasteiger partial charge in [0.15, 0.2) is 0 Å². The van der Waals surface area contributed by atoms with Crippen molar-refractivity contribution in [2.75, 3.05) is 5.75 Å². The molecule has 122 valence electrons. The molecular weight excluding hydrogens is 318 g/mol. The Labute approximate surface area is 137 Å². The van der Waals surface area contributed by atoms with E-state index in [-0.39, 0.29) is 11.1 Å². The van der Waals surface area contributed by atoms with E-state index in [1.54, 1.807) is 0 Å². The first-order chi connectivity index (χ1) is 11.0. The van der Waals surface area contributed by atoms with Gasteiger partial charge in [-0.2, -0.15) is 0 Å². The second-order valence-corrected chi connectivity index (χ2v) is 6.63. The molecule has 1 saturated heterocycles. The first kappa shape index (κ1) is 15.8. The molecule has 2 heterocycles. The molecule has 0 spiro atoms. The highest BCUT2D eigenvalue weighted by Crippen LogP contribution is 2.37. The van der Waals surface area contributed by atoms with Crippen molar-refractivity contribution in [2.45, 2.75) is 30.3 Å². The zero-order chi connectivity index (χ0) is 16.6. The molecule has 0 saturated carbocycles. The molecule has 23 heavy (non-hydrogen) atoms. The van der Waals surface area contributed by atoms with Crippen LogP contribution >= 0.6 is 11.8 Å². The highest BCUT2D eigenvalue weighted by Gasteiger charge is 2.53. The molecular formula is C15H17N3O4S. The number of carboxylic acids is 1. The van der Waals surface area contributed by atoms with Gasteiger partial charge in [0.05, 0.1) is 0 Å². The van der Waals surface area contributed by atoms with Crippen LogP contribution in [0.3, 0.4) is 0 Å². The van der Waals surface area contributed by atoms with Crippen molar-refractivity contribution < 1.29 is 19.5 Å². The van der Waals surface area contributed by atoms with E-state index in [9.17, 15) is 14.4 Å². The van der Waals surface area contributed by atoms with Crippen LogP contribution < -0.4 is 11.1 Å². The minimum Gasteiger partial charge on any atom is -0.477 e. The first-order valence-corrected chi connectivity index (χ1v) is 8.33. The van der Waals surface area contributed by atoms with E-state index in [0.717, 1.165) is 12.0 Å². The number of nitrogens with two attached hydrogens (primary N) is 1. The van der Waals surface area contributed by atoms with Gasteiger partial charge in [0.25, 0.3) is 5.91 Å². The topological polar surface area (TPSA) is 113 Å². The standard InChI is InChI=1S/C15H17N3O4S/c16-10(8-4-2-1-3-5-8)12(19)17-11-13(20)18-9(15(21)22)6-7-23-14(11)18/h1-2,5-6,10-11,14H,3-4,7,16H2,(H,17,19)(H,21,22)/t10?,11-,14-/m1/s1. The fraction of sp³-hybridized carbons (Fsp3) is 0.400. The molecule has 7 nitrogen and oxygen atoms in total. The Bertz CT molecular complexity index is 655. The molecule has 0 aromatic heterocycles. The number of rotatable bonds is 4. The van der Waals surface area contributed by atoms with Gasteiger partial charge in [-0.15, -0.1) is 11.8 Å². The number of allylic oxidation sites excluding steroid dienone is 3. The quantitative estimate of drug-likeness (QED) is 0.491. The second kappa shape index (κ2) is 6.21. The lowest BCUT2D eigenvalue weighted by atomic mass is 9.97. The highest BCUT2D eigenvalue weighted by atomic mass is 32.2. The van der Waals surface area contributed by atoms with Crippen molar-refractivity contribution >= 4 is 29.5 Å². The molecule has 2 amide bonds. The molecule has 3 rings (SSSR count). The summed E-state index contributed by atoms with van der Waals surface area (Å²) in [6.45, 7) is 0. The third-order valence-corrected chi connectivity index (χ3v) is 5.27. The van der Waals surface area contributed by atoms with Crippen LogP contribution in [0.2, 0.25) is 0 Å². The minimum absolute atomic E-state index is 0.0197. The summed E-state index contributed by atoms with van der Waals surface area (Å²) in [5, 5.41) is 11.4. The van der Waals surface area contributed by atoms with Crippen LogP contribution in [-0.4, -0.2) is 51.0 Å². The number of thioether (sulfide) groups is 1. The lowest BCUT2D eigenvalue weighted by Crippen LogP contribution is -2.71. The van der Waals surface area contributed by atoms with Crippen LogP contribution in [0.15, 0.2) is 35.6 Å². The number of carboxylic acid groups (broad SMARTS) is 1. The molecule has 2 aliphatic heterocycles. The fourth-order valence-corrected chi connectivity index (χ4v) is 4.02. The van der Waals surface area contributed by atoms with Crippen LogP contribution in [-0.2, 0) is 14.4 Å². The van der Waals surface area contributed by atoms with Gasteiger partial charge in [-0.1, -0.05) is 18.2 Å². The molecule has 0 aromatic carbocycles. The Morgan fingerprint density at radius 2 is 2.17 bits per heavy atom. The number of hydrogen-bond donors (Lipinski definition) is 3. The van der Waals surface area contributed by atoms with Crippen molar-refractivity contribution in [3.63, 3.8) is 0 Å². The molecule has 4 N–H and O–H groups in total. The largest absolute Gasteiger partial charge is 0.477 e. The van der Waals surface area contributed by atoms with Crippen molar-refractivity contribution in [3.8, 4) is 0 Å². The van der Waals surface area contributed by atoms with Gasteiger partial charge in [0.1, 0.15) is 23.2 Å². The second-order valence-electron chi connectivity index (χ2n) is 5.48. The predicted octanol–water partition coefficient (Wildman–Crippen LogP) is -0.0415. The Hall–Kier alpha value is -2.06. The van der Waals surface area contributed by atoms with Crippen LogP contribution in [0.5, 0.6) is 0 Å². The number of carbonyl (C=O) groups excluding carboxylic acids is 2. The minimum atomic E-state index is -1.13. The van der Waals surface area contributed by atoms with Crippen molar-refractivity contribution in [3.05, 3.63) is 35.6 Å². The number of aliphatic carboxylic acids is 1. The summed E-state index contributed by atoms with van der Waals surface area (Å²) in [7, 11) is 0. The van der Waals surface area contributed by atoms with Crippen LogP contribution in [0.25, 0.3) is 0 Å². The van der Waals surface area contributed by atoms with E-state index in [4.69, 9.17) is 10.8 Å². The molecule has 0 bridgehead atoms. The number of β-lactam (4-membered cyclic amide) rings is 1. The molecule has 3 atom stereocenters. The normalized spacial score (nSPS) is 27.3. The van der Waals surface area contributed by atoms with Gasteiger partial charge in [0.2, 0.25) is 5.91 Å². The fourth-order valence-electron chi connectivity index (χ4n) is 2.82. The van der Waals surface area contributed by atoms with E-state index >= 15 is 0 Å². The van der Waals surface area contributed by atoms with E-state index < -0.39 is 29.9 Å². The Morgan fingerprint density at radius 1 is 1.39 bits per heavy atom. The van der Waals surface area contributed by atoms with Crippen LogP contribution in [0.4, 0.5) is 0 Å². The van der Waals surface area contributed by atoms with Crippen molar-refractivity contribution in [2.24, 2.45) is 5.73 Å². The Morgan fingerprint density at radius 3 is 2.83 bits per heavy atom. The lowest BCUT2D eigenvalue weighted by molar-refractivity contribution is -0.150. The van der Waals surface area contributed by atoms with Gasteiger partial charge in [-0.3, -0.25) is 14.5 Å². The summed E-state index contributed by atoms with van der Waals surface area (Å²) < 4.78 is 0. The van der Waals surface area contributed by atoms with Crippen LogP contribution in [0.1, 0.15) is 12.8 Å². The molecule has 0 aromatic rings. The van der Waals surface area contributed by atoms with E-state index in [1.165, 1.54) is 22.7 Å². The van der Waals surface area contributed by atoms with Gasteiger partial charge in [0, 0.05) is 5.75 Å². The van der Waals surface area contributed by atoms with E-state index in [2.05, 4.69) is 5.32 Å². The molecule has 1 unspecified atom stereocenters. The SMILES string of the molecule is NC(C(=O)N[C@@H]1C(=O)N2C(C(=O)O)=CCS[C@H]12)C1=CCC=CC1. The zero-order valence-corrected chi connectivity index (χ0v) is 13.1. The summed E-state index contributed by atoms with van der Waals surface area (Å²) in [6, 6.07) is -1.51. The summed E-state index contributed by atoms with van der Waals surface area (Å²) in [5.41, 5.74) is 6.77. The third kappa shape index (κ3) is 2.79. The van der Waals surface area contributed by atoms with Crippen molar-refractivity contribution in [1.82, 2.24) is 10.2 Å². The smallest absolute Gasteiger partial charge is 0.352 e. The highest BCUT2D eigenvalue weighted by molar-refractivity contribution is 8.00. The van der Waals surface area contributed by atoms with Gasteiger partial charge < -0.3 is 16.2 Å². The van der Waals surface area contributed by atoms with E-state index in [0.29, 0.717) is 12.2 Å². The number of fused-ring (bicyclic) bond motifs is 1. The summed E-state index contributed by atoms with van der Waals surface area (Å²) in [4.78, 5) is 36.8. The Kier molecular flexibility index (Phi) is 4.27. The number of hydrogen-bond acceptors (Lipinski definition) is 5. The van der Waals surface area contributed by atoms with Crippen molar-refractivity contribution in [1.29, 1.82) is 0 Å². The summed E-state index contributed by atoms with van der Waals surface area (Å²) >= 11 is 1.42. The van der Waals surface area contributed by atoms with Crippen LogP contribution in [0, 0.1) is 0 Å². The summed E-state index contributed by atoms with van der Waals surface area (Å²) in [6.07, 6.45) is 8.75. The predicted molar refractivity (Wildman–Crippen MR) is 85.2 cm³/mol. The van der Waals surface area contributed by atoms with Gasteiger partial charge >= 0.3 is 5.97 Å². The molecule has 8 heteroatoms. The molecule has 0 radical (unpaired) electrons. The summed E-state index contributed by atoms with van der Waals surface area (Å²) in [5.74, 6) is -1.46. The number of carbonyl (C=O) groups is 3. The van der Waals surface area contributed by atoms with E-state index in [1.807, 2.05) is 18.2 Å². The molecule has 1 aliphatic carbocycles. The zero-order valence-electron chi connectivity index (χ0n) is 12.3. The number of amides is 2. The maximum absolute atomic E-state index is 12.3.